The topological polar surface area (TPSA) is 140 Å². The number of nitrogens with zero attached hydrogens (tertiary/aromatic N) is 1. The summed E-state index contributed by atoms with van der Waals surface area (Å²) in [5.41, 5.74) is 0.821. The molecule has 3 rings (SSSR count). The van der Waals surface area contributed by atoms with Gasteiger partial charge in [-0.2, -0.15) is 0 Å². The van der Waals surface area contributed by atoms with Crippen LogP contribution in [0, 0.1) is 10.1 Å². The molecule has 0 bridgehead atoms. The van der Waals surface area contributed by atoms with Gasteiger partial charge in [-0.1, -0.05) is 0 Å². The highest BCUT2D eigenvalue weighted by Gasteiger charge is 2.17. The summed E-state index contributed by atoms with van der Waals surface area (Å²) >= 11 is 0. The van der Waals surface area contributed by atoms with Crippen LogP contribution in [-0.2, 0) is 21.2 Å². The first kappa shape index (κ1) is 17.4. The van der Waals surface area contributed by atoms with E-state index in [1.807, 2.05) is 0 Å². The van der Waals surface area contributed by atoms with Crippen molar-refractivity contribution in [2.45, 2.75) is 11.3 Å². The number of sulfonamides is 1. The van der Waals surface area contributed by atoms with E-state index >= 15 is 0 Å². The minimum atomic E-state index is -3.95. The van der Waals surface area contributed by atoms with E-state index in [0.29, 0.717) is 16.5 Å². The molecule has 26 heavy (non-hydrogen) atoms. The van der Waals surface area contributed by atoms with Crippen molar-refractivity contribution in [3.63, 3.8) is 0 Å². The van der Waals surface area contributed by atoms with Crippen molar-refractivity contribution >= 4 is 38.3 Å². The normalized spacial score (nSPS) is 11.4. The predicted molar refractivity (Wildman–Crippen MR) is 91.5 cm³/mol. The maximum atomic E-state index is 12.4. The zero-order valence-electron chi connectivity index (χ0n) is 13.1. The van der Waals surface area contributed by atoms with Gasteiger partial charge in [-0.15, -0.1) is 0 Å². The van der Waals surface area contributed by atoms with E-state index in [1.165, 1.54) is 18.4 Å². The Morgan fingerprint density at radius 1 is 1.19 bits per heavy atom. The number of fused-ring (bicyclic) bond motifs is 1. The molecular formula is C16H12N2O7S. The van der Waals surface area contributed by atoms with E-state index < -0.39 is 20.9 Å². The number of hydrogen-bond donors (Lipinski definition) is 2. The molecule has 0 aliphatic carbocycles. The number of carbonyl (C=O) groups is 1. The van der Waals surface area contributed by atoms with Gasteiger partial charge in [0.1, 0.15) is 5.58 Å². The highest BCUT2D eigenvalue weighted by atomic mass is 32.2. The van der Waals surface area contributed by atoms with Gasteiger partial charge in [0.15, 0.2) is 0 Å². The van der Waals surface area contributed by atoms with Gasteiger partial charge in [-0.25, -0.2) is 8.42 Å². The molecule has 1 aromatic heterocycles. The van der Waals surface area contributed by atoms with E-state index in [1.54, 1.807) is 6.07 Å². The molecule has 0 amide bonds. The first-order valence-corrected chi connectivity index (χ1v) is 8.74. The number of nitrogens with one attached hydrogen (secondary N) is 1. The third-order valence-electron chi connectivity index (χ3n) is 3.61. The molecular weight excluding hydrogens is 364 g/mol. The third-order valence-corrected chi connectivity index (χ3v) is 5.00. The van der Waals surface area contributed by atoms with Crippen molar-refractivity contribution in [2.75, 3.05) is 4.72 Å². The van der Waals surface area contributed by atoms with E-state index in [9.17, 15) is 23.3 Å². The average molecular weight is 376 g/mol. The van der Waals surface area contributed by atoms with Crippen molar-refractivity contribution in [1.82, 2.24) is 0 Å². The van der Waals surface area contributed by atoms with Gasteiger partial charge in [0, 0.05) is 29.1 Å². The summed E-state index contributed by atoms with van der Waals surface area (Å²) in [5.74, 6) is -1.00. The molecule has 0 atom stereocenters. The maximum Gasteiger partial charge on any atom is 0.307 e. The Kier molecular flexibility index (Phi) is 4.34. The molecule has 0 spiro atoms. The minimum absolute atomic E-state index is 0.130. The number of anilines is 1. The molecule has 2 aromatic carbocycles. The molecule has 2 N–H and O–H groups in total. The summed E-state index contributed by atoms with van der Waals surface area (Å²) < 4.78 is 32.4. The average Bonchev–Trinajstić information content (AvgIpc) is 2.96. The summed E-state index contributed by atoms with van der Waals surface area (Å²) in [6, 6.07) is 8.94. The van der Waals surface area contributed by atoms with Crippen LogP contribution in [0.4, 0.5) is 11.4 Å². The lowest BCUT2D eigenvalue weighted by Gasteiger charge is -2.08. The lowest BCUT2D eigenvalue weighted by atomic mass is 10.1. The van der Waals surface area contributed by atoms with Gasteiger partial charge < -0.3 is 9.52 Å². The molecule has 0 saturated heterocycles. The quantitative estimate of drug-likeness (QED) is 0.498. The summed E-state index contributed by atoms with van der Waals surface area (Å²) in [4.78, 5) is 20.7. The zero-order chi connectivity index (χ0) is 18.9. The molecule has 0 saturated carbocycles. The first-order chi connectivity index (χ1) is 12.3. The van der Waals surface area contributed by atoms with Crippen LogP contribution in [0.15, 0.2) is 58.0 Å². The molecule has 3 aromatic rings. The molecule has 0 fully saturated rings. The van der Waals surface area contributed by atoms with Crippen LogP contribution in [0.2, 0.25) is 0 Å². The Morgan fingerprint density at radius 3 is 2.50 bits per heavy atom. The van der Waals surface area contributed by atoms with E-state index in [4.69, 9.17) is 9.52 Å². The number of rotatable bonds is 6. The van der Waals surface area contributed by atoms with Crippen LogP contribution in [0.1, 0.15) is 5.56 Å². The second kappa shape index (κ2) is 6.48. The number of carboxylic acid groups (broad SMARTS) is 1. The maximum absolute atomic E-state index is 12.4. The number of nitro groups is 1. The number of benzene rings is 2. The van der Waals surface area contributed by atoms with Crippen LogP contribution in [0.5, 0.6) is 0 Å². The molecule has 0 aliphatic heterocycles. The second-order valence-corrected chi connectivity index (χ2v) is 7.08. The lowest BCUT2D eigenvalue weighted by molar-refractivity contribution is -0.384. The number of nitro benzene ring substituents is 1. The lowest BCUT2D eigenvalue weighted by Crippen LogP contribution is -2.12. The Balaban J connectivity index is 1.87. The monoisotopic (exact) mass is 376 g/mol. The molecule has 9 nitrogen and oxygen atoms in total. The fourth-order valence-corrected chi connectivity index (χ4v) is 3.46. The second-order valence-electron chi connectivity index (χ2n) is 5.40. The number of non-ortho nitro benzene ring substituents is 1. The van der Waals surface area contributed by atoms with E-state index in [2.05, 4.69) is 4.72 Å². The van der Waals surface area contributed by atoms with Gasteiger partial charge in [0.2, 0.25) is 0 Å². The van der Waals surface area contributed by atoms with Crippen LogP contribution >= 0.6 is 0 Å². The van der Waals surface area contributed by atoms with Crippen LogP contribution in [0.25, 0.3) is 11.0 Å². The first-order valence-electron chi connectivity index (χ1n) is 7.25. The SMILES string of the molecule is O=C(O)Cc1coc2cc(NS(=O)(=O)c3ccc([N+](=O)[O-])cc3)ccc12. The highest BCUT2D eigenvalue weighted by Crippen LogP contribution is 2.26. The van der Waals surface area contributed by atoms with Crippen molar-refractivity contribution in [3.05, 3.63) is 64.4 Å². The zero-order valence-corrected chi connectivity index (χ0v) is 13.9. The van der Waals surface area contributed by atoms with Gasteiger partial charge in [-0.3, -0.25) is 19.6 Å². The summed E-state index contributed by atoms with van der Waals surface area (Å²) in [5, 5.41) is 20.1. The van der Waals surface area contributed by atoms with Crippen molar-refractivity contribution < 1.29 is 27.7 Å². The smallest absolute Gasteiger partial charge is 0.307 e. The van der Waals surface area contributed by atoms with Gasteiger partial charge in [0.05, 0.1) is 28.2 Å². The van der Waals surface area contributed by atoms with Crippen LogP contribution < -0.4 is 4.72 Å². The third kappa shape index (κ3) is 3.49. The van der Waals surface area contributed by atoms with Crippen LogP contribution in [-0.4, -0.2) is 24.4 Å². The van der Waals surface area contributed by atoms with Crippen molar-refractivity contribution in [3.8, 4) is 0 Å². The van der Waals surface area contributed by atoms with Crippen LogP contribution in [0.3, 0.4) is 0 Å². The standard InChI is InChI=1S/C16H12N2O7S/c19-16(20)7-10-9-25-15-8-11(1-6-14(10)15)17-26(23,24)13-4-2-12(3-5-13)18(21)22/h1-6,8-9,17H,7H2,(H,19,20). The summed E-state index contributed by atoms with van der Waals surface area (Å²) in [6.45, 7) is 0. The number of furan rings is 1. The Labute approximate surface area is 147 Å². The number of aliphatic carboxylic acids is 1. The molecule has 0 unspecified atom stereocenters. The largest absolute Gasteiger partial charge is 0.481 e. The molecule has 134 valence electrons. The molecule has 0 aliphatic rings. The number of hydrogen-bond acceptors (Lipinski definition) is 6. The fraction of sp³-hybridized carbons (Fsp3) is 0.0625. The van der Waals surface area contributed by atoms with Gasteiger partial charge in [-0.05, 0) is 24.3 Å². The highest BCUT2D eigenvalue weighted by molar-refractivity contribution is 7.92. The van der Waals surface area contributed by atoms with Gasteiger partial charge >= 0.3 is 5.97 Å². The Hall–Kier alpha value is -3.40. The Bertz CT molecular complexity index is 1100. The Morgan fingerprint density at radius 2 is 1.88 bits per heavy atom. The van der Waals surface area contributed by atoms with E-state index in [-0.39, 0.29) is 22.7 Å². The van der Waals surface area contributed by atoms with Gasteiger partial charge in [0.25, 0.3) is 15.7 Å². The number of carboxylic acids is 1. The molecule has 10 heteroatoms. The van der Waals surface area contributed by atoms with Crippen molar-refractivity contribution in [1.29, 1.82) is 0 Å². The molecule has 0 radical (unpaired) electrons. The van der Waals surface area contributed by atoms with Crippen molar-refractivity contribution in [2.24, 2.45) is 0 Å². The fourth-order valence-electron chi connectivity index (χ4n) is 2.41. The summed E-state index contributed by atoms with van der Waals surface area (Å²) in [6.07, 6.45) is 1.11. The minimum Gasteiger partial charge on any atom is -0.481 e. The molecule has 1 heterocycles. The summed E-state index contributed by atoms with van der Waals surface area (Å²) in [7, 11) is -3.95. The predicted octanol–water partition coefficient (Wildman–Crippen LogP) is 2.77. The van der Waals surface area contributed by atoms with E-state index in [0.717, 1.165) is 24.3 Å².